The lowest BCUT2D eigenvalue weighted by Gasteiger charge is -2.28. The smallest absolute Gasteiger partial charge is 0.407 e. The molecule has 3 amide bonds. The van der Waals surface area contributed by atoms with E-state index in [1.54, 1.807) is 37.3 Å². The average Bonchev–Trinajstić information content (AvgIpc) is 3.42. The molecule has 1 aromatic heterocycles. The number of anilines is 1. The minimum atomic E-state index is -0.879. The van der Waals surface area contributed by atoms with Crippen molar-refractivity contribution in [3.63, 3.8) is 0 Å². The van der Waals surface area contributed by atoms with Crippen molar-refractivity contribution in [1.82, 2.24) is 20.5 Å². The van der Waals surface area contributed by atoms with E-state index in [2.05, 4.69) is 15.6 Å². The Morgan fingerprint density at radius 2 is 1.89 bits per heavy atom. The number of pyridine rings is 1. The Labute approximate surface area is 221 Å². The summed E-state index contributed by atoms with van der Waals surface area (Å²) in [5.74, 6) is 0.598. The zero-order valence-corrected chi connectivity index (χ0v) is 21.6. The third kappa shape index (κ3) is 6.31. The van der Waals surface area contributed by atoms with E-state index in [9.17, 15) is 14.4 Å². The summed E-state index contributed by atoms with van der Waals surface area (Å²) in [6.07, 6.45) is 2.47. The third-order valence-electron chi connectivity index (χ3n) is 6.63. The highest BCUT2D eigenvalue weighted by atomic mass is 16.5. The third-order valence-corrected chi connectivity index (χ3v) is 6.63. The Kier molecular flexibility index (Phi) is 8.62. The lowest BCUT2D eigenvalue weighted by molar-refractivity contribution is -0.140. The number of nitrogens with one attached hydrogen (secondary N) is 2. The molecule has 2 atom stereocenters. The summed E-state index contributed by atoms with van der Waals surface area (Å²) in [7, 11) is 1.58. The normalized spacial score (nSPS) is 15.6. The number of nitrogens with two attached hydrogens (primary N) is 1. The maximum absolute atomic E-state index is 13.6. The summed E-state index contributed by atoms with van der Waals surface area (Å²) in [5, 5.41) is 7.43. The molecule has 0 saturated carbocycles. The second-order valence-electron chi connectivity index (χ2n) is 9.13. The summed E-state index contributed by atoms with van der Waals surface area (Å²) >= 11 is 0. The van der Waals surface area contributed by atoms with Crippen LogP contribution >= 0.6 is 0 Å². The second-order valence-corrected chi connectivity index (χ2v) is 9.13. The molecule has 2 aromatic carbocycles. The molecule has 4 N–H and O–H groups in total. The van der Waals surface area contributed by atoms with Crippen molar-refractivity contribution in [2.24, 2.45) is 0 Å². The Morgan fingerprint density at radius 1 is 1.13 bits per heavy atom. The van der Waals surface area contributed by atoms with Crippen LogP contribution in [0, 0.1) is 0 Å². The molecule has 2 heterocycles. The van der Waals surface area contributed by atoms with Gasteiger partial charge in [-0.1, -0.05) is 24.3 Å². The molecule has 1 saturated heterocycles. The van der Waals surface area contributed by atoms with Crippen LogP contribution in [-0.2, 0) is 27.3 Å². The van der Waals surface area contributed by atoms with Crippen LogP contribution in [0.5, 0.6) is 5.75 Å². The van der Waals surface area contributed by atoms with Gasteiger partial charge in [0.1, 0.15) is 23.7 Å². The zero-order valence-electron chi connectivity index (χ0n) is 21.6. The topological polar surface area (TPSA) is 136 Å². The number of carbonyl (C=O) groups is 3. The van der Waals surface area contributed by atoms with Gasteiger partial charge in [0.2, 0.25) is 11.8 Å². The molecule has 0 spiro atoms. The van der Waals surface area contributed by atoms with Crippen LogP contribution in [0.2, 0.25) is 0 Å². The van der Waals surface area contributed by atoms with Crippen molar-refractivity contribution in [1.29, 1.82) is 0 Å². The first-order chi connectivity index (χ1) is 18.4. The molecule has 0 aliphatic carbocycles. The summed E-state index contributed by atoms with van der Waals surface area (Å²) in [4.78, 5) is 44.7. The van der Waals surface area contributed by atoms with Gasteiger partial charge >= 0.3 is 6.09 Å². The number of likely N-dealkylation sites (tertiary alicyclic amines) is 1. The van der Waals surface area contributed by atoms with E-state index >= 15 is 0 Å². The van der Waals surface area contributed by atoms with E-state index < -0.39 is 18.2 Å². The highest BCUT2D eigenvalue weighted by molar-refractivity contribution is 5.93. The molecule has 0 radical (unpaired) electrons. The van der Waals surface area contributed by atoms with Crippen LogP contribution in [0.15, 0.2) is 54.7 Å². The number of methoxy groups -OCH3 is 1. The van der Waals surface area contributed by atoms with Crippen LogP contribution in [0.3, 0.4) is 0 Å². The molecule has 2 unspecified atom stereocenters. The molecule has 10 heteroatoms. The van der Waals surface area contributed by atoms with Crippen molar-refractivity contribution in [3.05, 3.63) is 65.9 Å². The number of nitrogens with zero attached hydrogens (tertiary/aromatic N) is 2. The van der Waals surface area contributed by atoms with Gasteiger partial charge in [0.15, 0.2) is 0 Å². The minimum absolute atomic E-state index is 0.182. The highest BCUT2D eigenvalue weighted by Crippen LogP contribution is 2.22. The number of benzene rings is 2. The molecule has 1 aliphatic heterocycles. The molecule has 3 aromatic rings. The molecule has 1 aliphatic rings. The molecule has 1 fully saturated rings. The van der Waals surface area contributed by atoms with E-state index in [1.807, 2.05) is 36.4 Å². The number of carbonyl (C=O) groups excluding carboxylic acids is 3. The number of hydrogen-bond donors (Lipinski definition) is 3. The fraction of sp³-hybridized carbons (Fsp3) is 0.357. The highest BCUT2D eigenvalue weighted by Gasteiger charge is 2.37. The maximum atomic E-state index is 13.6. The predicted octanol–water partition coefficient (Wildman–Crippen LogP) is 2.79. The zero-order chi connectivity index (χ0) is 27.1. The molecule has 4 rings (SSSR count). The predicted molar refractivity (Wildman–Crippen MR) is 143 cm³/mol. The molecule has 10 nitrogen and oxygen atoms in total. The number of aromatic nitrogens is 1. The van der Waals surface area contributed by atoms with Gasteiger partial charge in [0.05, 0.1) is 13.7 Å². The van der Waals surface area contributed by atoms with Crippen LogP contribution in [0.25, 0.3) is 10.8 Å². The SMILES string of the molecule is CCOC(=O)NC(Cc1ccc(OC)cc1)C(=O)N1CCCC1C(=O)NCc1ccc2c(N)nccc2c1. The van der Waals surface area contributed by atoms with Crippen molar-refractivity contribution in [2.75, 3.05) is 26.0 Å². The summed E-state index contributed by atoms with van der Waals surface area (Å²) < 4.78 is 10.2. The number of ether oxygens (including phenoxy) is 2. The summed E-state index contributed by atoms with van der Waals surface area (Å²) in [6.45, 7) is 2.62. The quantitative estimate of drug-likeness (QED) is 0.395. The average molecular weight is 520 g/mol. The fourth-order valence-corrected chi connectivity index (χ4v) is 4.68. The number of rotatable bonds is 9. The van der Waals surface area contributed by atoms with Crippen molar-refractivity contribution < 1.29 is 23.9 Å². The Balaban J connectivity index is 1.44. The Bertz CT molecular complexity index is 1300. The second kappa shape index (κ2) is 12.3. The summed E-state index contributed by atoms with van der Waals surface area (Å²) in [6, 6.07) is 13.4. The van der Waals surface area contributed by atoms with E-state index in [0.29, 0.717) is 37.5 Å². The van der Waals surface area contributed by atoms with Gasteiger partial charge < -0.3 is 30.7 Å². The first-order valence-electron chi connectivity index (χ1n) is 12.7. The van der Waals surface area contributed by atoms with Crippen molar-refractivity contribution in [3.8, 4) is 5.75 Å². The van der Waals surface area contributed by atoms with E-state index in [0.717, 1.165) is 21.9 Å². The van der Waals surface area contributed by atoms with Gasteiger partial charge in [0.25, 0.3) is 0 Å². The lowest BCUT2D eigenvalue weighted by Crippen LogP contribution is -2.54. The van der Waals surface area contributed by atoms with Gasteiger partial charge in [-0.2, -0.15) is 0 Å². The van der Waals surface area contributed by atoms with Crippen LogP contribution in [0.4, 0.5) is 10.6 Å². The Morgan fingerprint density at radius 3 is 2.63 bits per heavy atom. The number of amides is 3. The van der Waals surface area contributed by atoms with Crippen LogP contribution in [0.1, 0.15) is 30.9 Å². The van der Waals surface area contributed by atoms with Gasteiger partial charge in [-0.25, -0.2) is 9.78 Å². The standard InChI is InChI=1S/C28H33N5O5/c1-3-38-28(36)32-23(16-18-6-9-21(37-2)10-7-18)27(35)33-14-4-5-24(33)26(34)31-17-19-8-11-22-20(15-19)12-13-30-25(22)29/h6-13,15,23-24H,3-5,14,16-17H2,1-2H3,(H2,29,30)(H,31,34)(H,32,36). The molecule has 38 heavy (non-hydrogen) atoms. The van der Waals surface area contributed by atoms with Gasteiger partial charge in [0, 0.05) is 31.1 Å². The molecule has 200 valence electrons. The van der Waals surface area contributed by atoms with Gasteiger partial charge in [-0.05, 0) is 60.5 Å². The van der Waals surface area contributed by atoms with Gasteiger partial charge in [-0.3, -0.25) is 9.59 Å². The van der Waals surface area contributed by atoms with E-state index in [4.69, 9.17) is 15.2 Å². The van der Waals surface area contributed by atoms with Crippen molar-refractivity contribution in [2.45, 2.75) is 44.8 Å². The van der Waals surface area contributed by atoms with Gasteiger partial charge in [-0.15, -0.1) is 0 Å². The first kappa shape index (κ1) is 26.7. The monoisotopic (exact) mass is 519 g/mol. The number of nitrogen functional groups attached to an aromatic ring is 1. The minimum Gasteiger partial charge on any atom is -0.497 e. The fourth-order valence-electron chi connectivity index (χ4n) is 4.68. The summed E-state index contributed by atoms with van der Waals surface area (Å²) in [5.41, 5.74) is 7.68. The van der Waals surface area contributed by atoms with Crippen molar-refractivity contribution >= 4 is 34.5 Å². The molecular formula is C28H33N5O5. The van der Waals surface area contributed by atoms with E-state index in [1.165, 1.54) is 0 Å². The molecule has 0 bridgehead atoms. The van der Waals surface area contributed by atoms with Crippen LogP contribution in [-0.4, -0.2) is 60.1 Å². The van der Waals surface area contributed by atoms with Crippen LogP contribution < -0.4 is 21.1 Å². The number of alkyl carbamates (subject to hydrolysis) is 1. The Hall–Kier alpha value is -4.34. The maximum Gasteiger partial charge on any atom is 0.407 e. The number of hydrogen-bond acceptors (Lipinski definition) is 7. The largest absolute Gasteiger partial charge is 0.497 e. The lowest BCUT2D eigenvalue weighted by atomic mass is 10.0. The number of fused-ring (bicyclic) bond motifs is 1. The first-order valence-corrected chi connectivity index (χ1v) is 12.7. The molecular weight excluding hydrogens is 486 g/mol. The van der Waals surface area contributed by atoms with E-state index in [-0.39, 0.29) is 24.8 Å².